The fourth-order valence-electron chi connectivity index (χ4n) is 4.69. The van der Waals surface area contributed by atoms with Crippen LogP contribution in [-0.2, 0) is 9.53 Å². The molecule has 34 heavy (non-hydrogen) atoms. The number of carbonyl (C=O) groups is 1. The van der Waals surface area contributed by atoms with Crippen LogP contribution in [0, 0.1) is 6.92 Å². The van der Waals surface area contributed by atoms with Gasteiger partial charge in [0.2, 0.25) is 0 Å². The molecule has 0 spiro atoms. The van der Waals surface area contributed by atoms with Crippen molar-refractivity contribution < 1.29 is 19.0 Å². The molecule has 3 heterocycles. The third-order valence-electron chi connectivity index (χ3n) is 6.20. The SMILES string of the molecule is COc1cc(/C=C2\OC(C)(C)CN([C@H]3CCOc4ccccc43)C2=O)ccc1-n1cnc(C)c1. The zero-order valence-corrected chi connectivity index (χ0v) is 19.9. The number of hydrogen-bond acceptors (Lipinski definition) is 5. The number of methoxy groups -OCH3 is 1. The highest BCUT2D eigenvalue weighted by molar-refractivity contribution is 5.97. The summed E-state index contributed by atoms with van der Waals surface area (Å²) in [7, 11) is 1.63. The first kappa shape index (κ1) is 22.1. The van der Waals surface area contributed by atoms with Crippen molar-refractivity contribution in [3.63, 3.8) is 0 Å². The van der Waals surface area contributed by atoms with Crippen LogP contribution in [0.15, 0.2) is 60.7 Å². The van der Waals surface area contributed by atoms with Crippen molar-refractivity contribution >= 4 is 12.0 Å². The number of hydrogen-bond donors (Lipinski definition) is 0. The van der Waals surface area contributed by atoms with Crippen molar-refractivity contribution in [1.82, 2.24) is 14.5 Å². The number of aromatic nitrogens is 2. The molecule has 2 aromatic carbocycles. The van der Waals surface area contributed by atoms with Gasteiger partial charge in [-0.15, -0.1) is 0 Å². The molecule has 3 aromatic rings. The van der Waals surface area contributed by atoms with Gasteiger partial charge in [0.15, 0.2) is 5.76 Å². The Morgan fingerprint density at radius 2 is 2.03 bits per heavy atom. The van der Waals surface area contributed by atoms with Gasteiger partial charge in [-0.25, -0.2) is 4.98 Å². The monoisotopic (exact) mass is 459 g/mol. The van der Waals surface area contributed by atoms with Gasteiger partial charge in [-0.2, -0.15) is 0 Å². The standard InChI is InChI=1S/C27H29N3O4/c1-18-15-29(17-28-18)22-10-9-19(13-24(22)32-4)14-25-26(31)30(16-27(2,3)34-25)21-11-12-33-23-8-6-5-7-20(21)23/h5-10,13-15,17,21H,11-12,16H2,1-4H3/b25-14-/t21-/m0/s1. The summed E-state index contributed by atoms with van der Waals surface area (Å²) in [6.45, 7) is 7.05. The molecular weight excluding hydrogens is 430 g/mol. The predicted octanol–water partition coefficient (Wildman–Crippen LogP) is 4.69. The van der Waals surface area contributed by atoms with E-state index in [4.69, 9.17) is 14.2 Å². The molecule has 7 heteroatoms. The molecule has 7 nitrogen and oxygen atoms in total. The van der Waals surface area contributed by atoms with Crippen LogP contribution in [0.2, 0.25) is 0 Å². The van der Waals surface area contributed by atoms with Crippen LogP contribution in [0.3, 0.4) is 0 Å². The van der Waals surface area contributed by atoms with Crippen LogP contribution in [-0.4, -0.2) is 46.2 Å². The number of para-hydroxylation sites is 1. The van der Waals surface area contributed by atoms with E-state index in [1.54, 1.807) is 19.5 Å². The van der Waals surface area contributed by atoms with Crippen molar-refractivity contribution in [2.75, 3.05) is 20.3 Å². The van der Waals surface area contributed by atoms with E-state index in [9.17, 15) is 4.79 Å². The van der Waals surface area contributed by atoms with Crippen molar-refractivity contribution in [2.24, 2.45) is 0 Å². The van der Waals surface area contributed by atoms with Gasteiger partial charge in [0, 0.05) is 18.2 Å². The third kappa shape index (κ3) is 4.14. The quantitative estimate of drug-likeness (QED) is 0.530. The van der Waals surface area contributed by atoms with Crippen LogP contribution in [0.25, 0.3) is 11.8 Å². The average molecular weight is 460 g/mol. The van der Waals surface area contributed by atoms with E-state index in [1.165, 1.54) is 0 Å². The van der Waals surface area contributed by atoms with Crippen molar-refractivity contribution in [3.05, 3.63) is 77.6 Å². The smallest absolute Gasteiger partial charge is 0.289 e. The summed E-state index contributed by atoms with van der Waals surface area (Å²) in [5.41, 5.74) is 3.14. The molecule has 2 aliphatic rings. The van der Waals surface area contributed by atoms with Gasteiger partial charge in [-0.3, -0.25) is 4.79 Å². The average Bonchev–Trinajstić information content (AvgIpc) is 3.26. The number of fused-ring (bicyclic) bond motifs is 1. The summed E-state index contributed by atoms with van der Waals surface area (Å²) >= 11 is 0. The van der Waals surface area contributed by atoms with Gasteiger partial charge < -0.3 is 23.7 Å². The normalized spacial score (nSPS) is 20.5. The maximum absolute atomic E-state index is 13.6. The Morgan fingerprint density at radius 1 is 1.21 bits per heavy atom. The van der Waals surface area contributed by atoms with Gasteiger partial charge in [0.1, 0.15) is 17.1 Å². The van der Waals surface area contributed by atoms with Crippen molar-refractivity contribution in [2.45, 2.75) is 38.8 Å². The second kappa shape index (κ2) is 8.56. The summed E-state index contributed by atoms with van der Waals surface area (Å²) in [6, 6.07) is 13.7. The Bertz CT molecular complexity index is 1260. The van der Waals surface area contributed by atoms with E-state index in [1.807, 2.05) is 78.9 Å². The number of morpholine rings is 1. The summed E-state index contributed by atoms with van der Waals surface area (Å²) in [5, 5.41) is 0. The molecule has 0 saturated carbocycles. The third-order valence-corrected chi connectivity index (χ3v) is 6.20. The Balaban J connectivity index is 1.49. The van der Waals surface area contributed by atoms with Crippen molar-refractivity contribution in [3.8, 4) is 17.2 Å². The maximum Gasteiger partial charge on any atom is 0.289 e. The number of imidazole rings is 1. The molecule has 0 aliphatic carbocycles. The molecule has 1 aromatic heterocycles. The number of ether oxygens (including phenoxy) is 3. The molecule has 0 N–H and O–H groups in total. The second-order valence-corrected chi connectivity index (χ2v) is 9.35. The molecular formula is C27H29N3O4. The van der Waals surface area contributed by atoms with Gasteiger partial charge in [0.05, 0.1) is 44.0 Å². The lowest BCUT2D eigenvalue weighted by Gasteiger charge is -2.44. The first-order valence-corrected chi connectivity index (χ1v) is 11.5. The zero-order chi connectivity index (χ0) is 23.9. The minimum Gasteiger partial charge on any atom is -0.495 e. The Labute approximate surface area is 199 Å². The number of nitrogens with zero attached hydrogens (tertiary/aromatic N) is 3. The van der Waals surface area contributed by atoms with Gasteiger partial charge >= 0.3 is 0 Å². The van der Waals surface area contributed by atoms with Crippen LogP contribution in [0.1, 0.15) is 43.1 Å². The lowest BCUT2D eigenvalue weighted by molar-refractivity contribution is -0.150. The van der Waals surface area contributed by atoms with Crippen LogP contribution < -0.4 is 9.47 Å². The number of carbonyl (C=O) groups excluding carboxylic acids is 1. The molecule has 5 rings (SSSR count). The molecule has 0 unspecified atom stereocenters. The van der Waals surface area contributed by atoms with E-state index in [-0.39, 0.29) is 11.9 Å². The molecule has 0 bridgehead atoms. The highest BCUT2D eigenvalue weighted by Crippen LogP contribution is 2.40. The molecule has 0 radical (unpaired) electrons. The largest absolute Gasteiger partial charge is 0.495 e. The molecule has 1 fully saturated rings. The van der Waals surface area contributed by atoms with Gasteiger partial charge in [-0.1, -0.05) is 24.3 Å². The minimum atomic E-state index is -0.522. The molecule has 176 valence electrons. The minimum absolute atomic E-state index is 0.0505. The van der Waals surface area contributed by atoms with Gasteiger partial charge in [-0.05, 0) is 50.6 Å². The molecule has 1 atom stereocenters. The fraction of sp³-hybridized carbons (Fsp3) is 0.333. The number of amides is 1. The lowest BCUT2D eigenvalue weighted by Crippen LogP contribution is -2.52. The van der Waals surface area contributed by atoms with Crippen molar-refractivity contribution in [1.29, 1.82) is 0 Å². The van der Waals surface area contributed by atoms with Crippen LogP contribution >= 0.6 is 0 Å². The Kier molecular flexibility index (Phi) is 5.55. The highest BCUT2D eigenvalue weighted by Gasteiger charge is 2.41. The number of benzene rings is 2. The summed E-state index contributed by atoms with van der Waals surface area (Å²) in [4.78, 5) is 19.8. The van der Waals surface area contributed by atoms with E-state index in [0.717, 1.165) is 34.7 Å². The number of rotatable bonds is 4. The van der Waals surface area contributed by atoms with E-state index >= 15 is 0 Å². The molecule has 1 saturated heterocycles. The van der Waals surface area contributed by atoms with E-state index in [0.29, 0.717) is 24.7 Å². The molecule has 1 amide bonds. The Morgan fingerprint density at radius 3 is 2.79 bits per heavy atom. The predicted molar refractivity (Wildman–Crippen MR) is 129 cm³/mol. The Hall–Kier alpha value is -3.74. The first-order valence-electron chi connectivity index (χ1n) is 11.5. The van der Waals surface area contributed by atoms with Gasteiger partial charge in [0.25, 0.3) is 5.91 Å². The number of aryl methyl sites for hydroxylation is 1. The highest BCUT2D eigenvalue weighted by atomic mass is 16.5. The fourth-order valence-corrected chi connectivity index (χ4v) is 4.69. The maximum atomic E-state index is 13.6. The van der Waals surface area contributed by atoms with E-state index in [2.05, 4.69) is 4.98 Å². The lowest BCUT2D eigenvalue weighted by atomic mass is 9.95. The van der Waals surface area contributed by atoms with Crippen LogP contribution in [0.4, 0.5) is 0 Å². The second-order valence-electron chi connectivity index (χ2n) is 9.35. The zero-order valence-electron chi connectivity index (χ0n) is 19.9. The van der Waals surface area contributed by atoms with E-state index < -0.39 is 5.60 Å². The summed E-state index contributed by atoms with van der Waals surface area (Å²) < 4.78 is 19.5. The topological polar surface area (TPSA) is 65.8 Å². The summed E-state index contributed by atoms with van der Waals surface area (Å²) in [5.74, 6) is 1.74. The first-order chi connectivity index (χ1) is 16.3. The van der Waals surface area contributed by atoms with Crippen LogP contribution in [0.5, 0.6) is 11.5 Å². The molecule has 2 aliphatic heterocycles. The summed E-state index contributed by atoms with van der Waals surface area (Å²) in [6.07, 6.45) is 6.24.